The molecular formula is C25H30N6O5. The van der Waals surface area contributed by atoms with Gasteiger partial charge in [0.15, 0.2) is 0 Å². The maximum absolute atomic E-state index is 13.2. The van der Waals surface area contributed by atoms with E-state index in [1.807, 2.05) is 26.0 Å². The van der Waals surface area contributed by atoms with E-state index >= 15 is 0 Å². The number of carbonyl (C=O) groups is 1. The maximum atomic E-state index is 13.2. The average Bonchev–Trinajstić information content (AvgIpc) is 2.81. The second-order valence-electron chi connectivity index (χ2n) is 9.35. The van der Waals surface area contributed by atoms with Gasteiger partial charge in [-0.2, -0.15) is 0 Å². The van der Waals surface area contributed by atoms with E-state index in [-0.39, 0.29) is 31.3 Å². The number of hydrogen-bond acceptors (Lipinski definition) is 8. The summed E-state index contributed by atoms with van der Waals surface area (Å²) < 4.78 is 1.17. The largest absolute Gasteiger partial charge is 0.390 e. The summed E-state index contributed by atoms with van der Waals surface area (Å²) in [6, 6.07) is 9.78. The zero-order valence-electron chi connectivity index (χ0n) is 20.4. The number of anilines is 2. The van der Waals surface area contributed by atoms with Crippen LogP contribution in [0.4, 0.5) is 11.5 Å². The molecule has 2 aromatic heterocycles. The predicted octanol–water partition coefficient (Wildman–Crippen LogP) is 1.10. The van der Waals surface area contributed by atoms with Gasteiger partial charge < -0.3 is 20.4 Å². The Kier molecular flexibility index (Phi) is 7.04. The van der Waals surface area contributed by atoms with E-state index in [1.54, 1.807) is 30.1 Å². The molecule has 190 valence electrons. The van der Waals surface area contributed by atoms with Crippen LogP contribution in [-0.4, -0.2) is 65.3 Å². The highest BCUT2D eigenvalue weighted by Crippen LogP contribution is 2.33. The molecule has 0 bridgehead atoms. The molecule has 4 N–H and O–H groups in total. The number of aliphatic hydroxyl groups excluding tert-OH is 1. The molecule has 2 heterocycles. The van der Waals surface area contributed by atoms with Crippen molar-refractivity contribution in [3.63, 3.8) is 0 Å². The molecule has 0 radical (unpaired) electrons. The molecule has 36 heavy (non-hydrogen) atoms. The first-order valence-corrected chi connectivity index (χ1v) is 11.7. The summed E-state index contributed by atoms with van der Waals surface area (Å²) in [4.78, 5) is 48.9. The predicted molar refractivity (Wildman–Crippen MR) is 133 cm³/mol. The quantitative estimate of drug-likeness (QED) is 0.397. The molecule has 0 spiro atoms. The number of H-pyrrole nitrogens is 1. The third-order valence-corrected chi connectivity index (χ3v) is 6.58. The van der Waals surface area contributed by atoms with E-state index in [0.717, 1.165) is 5.69 Å². The lowest BCUT2D eigenvalue weighted by molar-refractivity contribution is -0.122. The fourth-order valence-electron chi connectivity index (χ4n) is 4.61. The van der Waals surface area contributed by atoms with Crippen LogP contribution in [0.2, 0.25) is 0 Å². The Hall–Kier alpha value is -3.83. The van der Waals surface area contributed by atoms with Gasteiger partial charge in [-0.15, -0.1) is 0 Å². The normalized spacial score (nSPS) is 21.7. The number of aliphatic hydroxyl groups is 2. The number of carbonyl (C=O) groups excluding carboxylic acids is 1. The Labute approximate surface area is 207 Å². The Morgan fingerprint density at radius 1 is 1.25 bits per heavy atom. The summed E-state index contributed by atoms with van der Waals surface area (Å²) in [7, 11) is 1.67. The Bertz CT molecular complexity index is 1370. The Morgan fingerprint density at radius 2 is 2.03 bits per heavy atom. The summed E-state index contributed by atoms with van der Waals surface area (Å²) >= 11 is 0. The molecule has 0 aliphatic heterocycles. The van der Waals surface area contributed by atoms with Crippen molar-refractivity contribution in [2.45, 2.75) is 57.4 Å². The monoisotopic (exact) mass is 494 g/mol. The van der Waals surface area contributed by atoms with Crippen molar-refractivity contribution in [3.05, 3.63) is 80.5 Å². The smallest absolute Gasteiger partial charge is 0.328 e. The molecular weight excluding hydrogens is 464 g/mol. The second-order valence-corrected chi connectivity index (χ2v) is 9.35. The lowest BCUT2D eigenvalue weighted by Gasteiger charge is -2.43. The summed E-state index contributed by atoms with van der Waals surface area (Å²) in [6.07, 6.45) is 0.886. The first kappa shape index (κ1) is 25.3. The van der Waals surface area contributed by atoms with E-state index in [9.17, 15) is 24.6 Å². The van der Waals surface area contributed by atoms with Crippen molar-refractivity contribution in [1.29, 1.82) is 0 Å². The zero-order valence-corrected chi connectivity index (χ0v) is 20.4. The third kappa shape index (κ3) is 5.52. The van der Waals surface area contributed by atoms with Crippen LogP contribution >= 0.6 is 0 Å². The van der Waals surface area contributed by atoms with Crippen LogP contribution in [0.3, 0.4) is 0 Å². The highest BCUT2D eigenvalue weighted by Gasteiger charge is 2.43. The summed E-state index contributed by atoms with van der Waals surface area (Å²) in [5, 5.41) is 25.0. The van der Waals surface area contributed by atoms with Crippen LogP contribution in [-0.2, 0) is 6.54 Å². The number of aromatic nitrogens is 4. The summed E-state index contributed by atoms with van der Waals surface area (Å²) in [6.45, 7) is 3.53. The number of aromatic amines is 1. The van der Waals surface area contributed by atoms with Crippen LogP contribution in [0, 0.1) is 13.8 Å². The number of rotatable bonds is 6. The maximum Gasteiger partial charge on any atom is 0.328 e. The fraction of sp³-hybridized carbons (Fsp3) is 0.400. The Morgan fingerprint density at radius 3 is 2.72 bits per heavy atom. The van der Waals surface area contributed by atoms with Gasteiger partial charge in [0.2, 0.25) is 0 Å². The van der Waals surface area contributed by atoms with Gasteiger partial charge in [-0.3, -0.25) is 19.1 Å². The van der Waals surface area contributed by atoms with E-state index in [0.29, 0.717) is 29.3 Å². The molecule has 1 saturated carbocycles. The topological polar surface area (TPSA) is 153 Å². The summed E-state index contributed by atoms with van der Waals surface area (Å²) in [5.74, 6) is 1.06. The number of aryl methyl sites for hydroxylation is 2. The minimum atomic E-state index is -1.56. The van der Waals surface area contributed by atoms with Crippen LogP contribution in [0.15, 0.2) is 52.2 Å². The van der Waals surface area contributed by atoms with E-state index in [4.69, 9.17) is 0 Å². The first-order valence-electron chi connectivity index (χ1n) is 11.7. The summed E-state index contributed by atoms with van der Waals surface area (Å²) in [5.41, 5.74) is -0.734. The molecule has 1 aliphatic rings. The molecule has 3 aromatic rings. The van der Waals surface area contributed by atoms with Crippen molar-refractivity contribution < 1.29 is 15.0 Å². The van der Waals surface area contributed by atoms with Crippen molar-refractivity contribution in [3.8, 4) is 0 Å². The molecule has 1 amide bonds. The van der Waals surface area contributed by atoms with Gasteiger partial charge >= 0.3 is 5.69 Å². The average molecular weight is 495 g/mol. The molecule has 11 heteroatoms. The SMILES string of the molecule is Cc1cc(Nc2cccc(C(=O)N(C)[C@H]3CC[C@@](O)(Cn4ccc(=O)[nH]c4=O)[C@H](O)C3)c2)nc(C)n1. The fourth-order valence-corrected chi connectivity index (χ4v) is 4.61. The first-order chi connectivity index (χ1) is 17.0. The molecule has 0 saturated heterocycles. The number of nitrogens with zero attached hydrogens (tertiary/aromatic N) is 4. The van der Waals surface area contributed by atoms with Crippen molar-refractivity contribution in [2.75, 3.05) is 12.4 Å². The van der Waals surface area contributed by atoms with Crippen LogP contribution in [0.25, 0.3) is 0 Å². The molecule has 11 nitrogen and oxygen atoms in total. The molecule has 1 aliphatic carbocycles. The minimum Gasteiger partial charge on any atom is -0.390 e. The minimum absolute atomic E-state index is 0.147. The van der Waals surface area contributed by atoms with Crippen LogP contribution < -0.4 is 16.6 Å². The lowest BCUT2D eigenvalue weighted by Crippen LogP contribution is -2.55. The molecule has 3 atom stereocenters. The van der Waals surface area contributed by atoms with E-state index in [1.165, 1.54) is 16.8 Å². The molecule has 1 fully saturated rings. The van der Waals surface area contributed by atoms with E-state index in [2.05, 4.69) is 20.3 Å². The van der Waals surface area contributed by atoms with Crippen LogP contribution in [0.5, 0.6) is 0 Å². The Balaban J connectivity index is 1.43. The molecule has 1 aromatic carbocycles. The van der Waals surface area contributed by atoms with Crippen LogP contribution in [0.1, 0.15) is 41.1 Å². The van der Waals surface area contributed by atoms with Gasteiger partial charge in [0.05, 0.1) is 12.6 Å². The van der Waals surface area contributed by atoms with Gasteiger partial charge in [0.1, 0.15) is 17.2 Å². The highest BCUT2D eigenvalue weighted by molar-refractivity contribution is 5.95. The third-order valence-electron chi connectivity index (χ3n) is 6.58. The van der Waals surface area contributed by atoms with Gasteiger partial charge in [-0.1, -0.05) is 6.07 Å². The number of hydrogen-bond donors (Lipinski definition) is 4. The molecule has 0 unspecified atom stereocenters. The number of amides is 1. The van der Waals surface area contributed by atoms with Gasteiger partial charge in [0.25, 0.3) is 11.5 Å². The molecule has 4 rings (SSSR count). The van der Waals surface area contributed by atoms with Gasteiger partial charge in [-0.05, 0) is 51.3 Å². The van der Waals surface area contributed by atoms with Gasteiger partial charge in [0, 0.05) is 48.4 Å². The van der Waals surface area contributed by atoms with Crippen molar-refractivity contribution >= 4 is 17.4 Å². The number of nitrogens with one attached hydrogen (secondary N) is 2. The highest BCUT2D eigenvalue weighted by atomic mass is 16.3. The van der Waals surface area contributed by atoms with E-state index < -0.39 is 23.0 Å². The van der Waals surface area contributed by atoms with Gasteiger partial charge in [-0.25, -0.2) is 14.8 Å². The zero-order chi connectivity index (χ0) is 26.0. The lowest BCUT2D eigenvalue weighted by atomic mass is 9.79. The standard InChI is InChI=1S/C25H30N6O5/c1-15-11-21(27-16(2)26-15)28-18-6-4-5-17(12-18)23(34)30(3)19-7-9-25(36,20(32)13-19)14-31-10-8-22(33)29-24(31)35/h4-6,8,10-12,19-20,32,36H,7,9,13-14H2,1-3H3,(H,26,27,28)(H,29,33,35)/t19-,20+,25+/m0/s1. The second kappa shape index (κ2) is 10.0. The number of benzene rings is 1. The van der Waals surface area contributed by atoms with Crippen molar-refractivity contribution in [2.24, 2.45) is 0 Å². The van der Waals surface area contributed by atoms with Crippen molar-refractivity contribution in [1.82, 2.24) is 24.4 Å².